The summed E-state index contributed by atoms with van der Waals surface area (Å²) in [4.78, 5) is 25.0. The van der Waals surface area contributed by atoms with E-state index in [9.17, 15) is 9.59 Å². The molecule has 0 aliphatic rings. The van der Waals surface area contributed by atoms with E-state index in [-0.39, 0.29) is 11.8 Å². The molecule has 0 unspecified atom stereocenters. The first-order chi connectivity index (χ1) is 16.6. The van der Waals surface area contributed by atoms with Gasteiger partial charge in [0.2, 0.25) is 0 Å². The summed E-state index contributed by atoms with van der Waals surface area (Å²) in [7, 11) is 1.59. The van der Waals surface area contributed by atoms with E-state index >= 15 is 0 Å². The summed E-state index contributed by atoms with van der Waals surface area (Å²) in [5, 5.41) is 5.68. The predicted octanol–water partition coefficient (Wildman–Crippen LogP) is 5.78. The highest BCUT2D eigenvalue weighted by Gasteiger charge is 2.09. The second kappa shape index (κ2) is 10.8. The number of methoxy groups -OCH3 is 1. The first kappa shape index (κ1) is 22.6. The Morgan fingerprint density at radius 1 is 0.618 bits per heavy atom. The lowest BCUT2D eigenvalue weighted by Crippen LogP contribution is -2.13. The SMILES string of the molecule is COc1ccc(NC(=O)c2ccc(NC(=O)c3ccc(COc4ccccc4)cc3)cc2)cc1. The van der Waals surface area contributed by atoms with Gasteiger partial charge in [-0.2, -0.15) is 0 Å². The van der Waals surface area contributed by atoms with Gasteiger partial charge in [-0.25, -0.2) is 0 Å². The maximum Gasteiger partial charge on any atom is 0.255 e. The van der Waals surface area contributed by atoms with E-state index < -0.39 is 0 Å². The van der Waals surface area contributed by atoms with Gasteiger partial charge >= 0.3 is 0 Å². The van der Waals surface area contributed by atoms with Gasteiger partial charge in [0.15, 0.2) is 0 Å². The van der Waals surface area contributed by atoms with Crippen molar-refractivity contribution >= 4 is 23.2 Å². The lowest BCUT2D eigenvalue weighted by atomic mass is 10.1. The summed E-state index contributed by atoms with van der Waals surface area (Å²) in [6.45, 7) is 0.423. The fourth-order valence-electron chi connectivity index (χ4n) is 3.22. The van der Waals surface area contributed by atoms with Crippen LogP contribution in [0.4, 0.5) is 11.4 Å². The number of carbonyl (C=O) groups excluding carboxylic acids is 2. The van der Waals surface area contributed by atoms with E-state index in [1.165, 1.54) is 0 Å². The molecule has 170 valence electrons. The zero-order chi connectivity index (χ0) is 23.8. The molecular weight excluding hydrogens is 428 g/mol. The van der Waals surface area contributed by atoms with Crippen molar-refractivity contribution in [3.63, 3.8) is 0 Å². The summed E-state index contributed by atoms with van der Waals surface area (Å²) >= 11 is 0. The predicted molar refractivity (Wildman–Crippen MR) is 133 cm³/mol. The lowest BCUT2D eigenvalue weighted by molar-refractivity contribution is 0.102. The van der Waals surface area contributed by atoms with Crippen molar-refractivity contribution in [2.24, 2.45) is 0 Å². The molecule has 0 bridgehead atoms. The molecule has 0 aliphatic heterocycles. The Labute approximate surface area is 198 Å². The molecule has 0 radical (unpaired) electrons. The van der Waals surface area contributed by atoms with Gasteiger partial charge in [0.25, 0.3) is 11.8 Å². The second-order valence-electron chi connectivity index (χ2n) is 7.51. The van der Waals surface area contributed by atoms with Gasteiger partial charge in [0.1, 0.15) is 18.1 Å². The van der Waals surface area contributed by atoms with Crippen molar-refractivity contribution < 1.29 is 19.1 Å². The van der Waals surface area contributed by atoms with E-state index in [0.717, 1.165) is 11.3 Å². The third-order valence-electron chi connectivity index (χ3n) is 5.12. The summed E-state index contributed by atoms with van der Waals surface area (Å²) in [6.07, 6.45) is 0. The molecule has 0 saturated heterocycles. The van der Waals surface area contributed by atoms with Crippen molar-refractivity contribution in [1.29, 1.82) is 0 Å². The Morgan fingerprint density at radius 3 is 1.65 bits per heavy atom. The average Bonchev–Trinajstić information content (AvgIpc) is 2.89. The van der Waals surface area contributed by atoms with Gasteiger partial charge in [-0.3, -0.25) is 9.59 Å². The summed E-state index contributed by atoms with van der Waals surface area (Å²) in [5.74, 6) is 1.04. The zero-order valence-electron chi connectivity index (χ0n) is 18.7. The smallest absolute Gasteiger partial charge is 0.255 e. The molecule has 0 heterocycles. The number of ether oxygens (including phenoxy) is 2. The molecule has 4 rings (SSSR count). The molecular formula is C28H24N2O4. The Morgan fingerprint density at radius 2 is 1.12 bits per heavy atom. The maximum atomic E-state index is 12.6. The molecule has 4 aromatic carbocycles. The van der Waals surface area contributed by atoms with Crippen LogP contribution in [0, 0.1) is 0 Å². The van der Waals surface area contributed by atoms with Crippen LogP contribution in [0.3, 0.4) is 0 Å². The minimum Gasteiger partial charge on any atom is -0.497 e. The van der Waals surface area contributed by atoms with Gasteiger partial charge in [-0.1, -0.05) is 30.3 Å². The van der Waals surface area contributed by atoms with Crippen LogP contribution >= 0.6 is 0 Å². The van der Waals surface area contributed by atoms with Gasteiger partial charge in [-0.05, 0) is 78.4 Å². The highest BCUT2D eigenvalue weighted by molar-refractivity contribution is 6.06. The van der Waals surface area contributed by atoms with Crippen LogP contribution in [0.1, 0.15) is 26.3 Å². The number of hydrogen-bond acceptors (Lipinski definition) is 4. The first-order valence-corrected chi connectivity index (χ1v) is 10.7. The Hall–Kier alpha value is -4.58. The molecule has 6 heteroatoms. The van der Waals surface area contributed by atoms with E-state index in [1.807, 2.05) is 42.5 Å². The van der Waals surface area contributed by atoms with Crippen LogP contribution in [0.15, 0.2) is 103 Å². The van der Waals surface area contributed by atoms with E-state index in [1.54, 1.807) is 67.8 Å². The summed E-state index contributed by atoms with van der Waals surface area (Å²) < 4.78 is 10.8. The standard InChI is InChI=1S/C28H24N2O4/c1-33-25-17-15-24(16-18-25)30-28(32)22-11-13-23(14-12-22)29-27(31)21-9-7-20(8-10-21)19-34-26-5-3-2-4-6-26/h2-18H,19H2,1H3,(H,29,31)(H,30,32). The van der Waals surface area contributed by atoms with Gasteiger partial charge in [0.05, 0.1) is 7.11 Å². The number of carbonyl (C=O) groups is 2. The molecule has 0 fully saturated rings. The molecule has 0 spiro atoms. The molecule has 0 aromatic heterocycles. The molecule has 2 N–H and O–H groups in total. The van der Waals surface area contributed by atoms with Crippen LogP contribution in [-0.4, -0.2) is 18.9 Å². The fourth-order valence-corrected chi connectivity index (χ4v) is 3.22. The normalized spacial score (nSPS) is 10.3. The Balaban J connectivity index is 1.30. The molecule has 6 nitrogen and oxygen atoms in total. The minimum absolute atomic E-state index is 0.231. The number of nitrogens with one attached hydrogen (secondary N) is 2. The third-order valence-corrected chi connectivity index (χ3v) is 5.12. The molecule has 0 atom stereocenters. The van der Waals surface area contributed by atoms with Crippen molar-refractivity contribution in [2.45, 2.75) is 6.61 Å². The maximum absolute atomic E-state index is 12.6. The number of rotatable bonds is 8. The molecule has 0 saturated carbocycles. The summed E-state index contributed by atoms with van der Waals surface area (Å²) in [5.41, 5.74) is 3.25. The number of anilines is 2. The quantitative estimate of drug-likeness (QED) is 0.355. The number of hydrogen-bond donors (Lipinski definition) is 2. The van der Waals surface area contributed by atoms with Gasteiger partial charge in [0, 0.05) is 22.5 Å². The van der Waals surface area contributed by atoms with Gasteiger partial charge < -0.3 is 20.1 Å². The van der Waals surface area contributed by atoms with E-state index in [2.05, 4.69) is 10.6 Å². The van der Waals surface area contributed by atoms with Crippen molar-refractivity contribution in [3.05, 3.63) is 120 Å². The van der Waals surface area contributed by atoms with E-state index in [4.69, 9.17) is 9.47 Å². The van der Waals surface area contributed by atoms with Crippen LogP contribution in [0.2, 0.25) is 0 Å². The summed E-state index contributed by atoms with van der Waals surface area (Å²) in [6, 6.07) is 30.6. The van der Waals surface area contributed by atoms with Crippen LogP contribution in [-0.2, 0) is 6.61 Å². The number of amides is 2. The number of benzene rings is 4. The highest BCUT2D eigenvalue weighted by Crippen LogP contribution is 2.18. The average molecular weight is 453 g/mol. The zero-order valence-corrected chi connectivity index (χ0v) is 18.7. The molecule has 34 heavy (non-hydrogen) atoms. The monoisotopic (exact) mass is 452 g/mol. The Kier molecular flexibility index (Phi) is 7.20. The van der Waals surface area contributed by atoms with Crippen molar-refractivity contribution in [1.82, 2.24) is 0 Å². The Bertz CT molecular complexity index is 1240. The molecule has 4 aromatic rings. The number of para-hydroxylation sites is 1. The fraction of sp³-hybridized carbons (Fsp3) is 0.0714. The first-order valence-electron chi connectivity index (χ1n) is 10.7. The largest absolute Gasteiger partial charge is 0.497 e. The van der Waals surface area contributed by atoms with E-state index in [0.29, 0.717) is 34.9 Å². The topological polar surface area (TPSA) is 76.7 Å². The minimum atomic E-state index is -0.239. The van der Waals surface area contributed by atoms with Crippen molar-refractivity contribution in [3.8, 4) is 11.5 Å². The van der Waals surface area contributed by atoms with Crippen LogP contribution in [0.5, 0.6) is 11.5 Å². The van der Waals surface area contributed by atoms with Crippen molar-refractivity contribution in [2.75, 3.05) is 17.7 Å². The second-order valence-corrected chi connectivity index (χ2v) is 7.51. The molecule has 0 aliphatic carbocycles. The molecule has 2 amide bonds. The lowest BCUT2D eigenvalue weighted by Gasteiger charge is -2.09. The third kappa shape index (κ3) is 6.01. The van der Waals surface area contributed by atoms with Crippen LogP contribution in [0.25, 0.3) is 0 Å². The van der Waals surface area contributed by atoms with Crippen LogP contribution < -0.4 is 20.1 Å². The highest BCUT2D eigenvalue weighted by atomic mass is 16.5. The van der Waals surface area contributed by atoms with Gasteiger partial charge in [-0.15, -0.1) is 0 Å².